The lowest BCUT2D eigenvalue weighted by Gasteiger charge is -1.95. The van der Waals surface area contributed by atoms with E-state index in [-0.39, 0.29) is 5.78 Å². The average Bonchev–Trinajstić information content (AvgIpc) is 2.66. The van der Waals surface area contributed by atoms with Crippen LogP contribution in [0, 0.1) is 0 Å². The molecule has 2 rings (SSSR count). The van der Waals surface area contributed by atoms with Crippen molar-refractivity contribution in [2.75, 3.05) is 0 Å². The molecule has 0 aliphatic rings. The van der Waals surface area contributed by atoms with Gasteiger partial charge in [-0.3, -0.25) is 4.79 Å². The third-order valence-electron chi connectivity index (χ3n) is 2.22. The molecule has 0 aliphatic heterocycles. The largest absolute Gasteiger partial charge is 0.445 e. The van der Waals surface area contributed by atoms with Gasteiger partial charge < -0.3 is 4.42 Å². The second kappa shape index (κ2) is 4.75. The van der Waals surface area contributed by atoms with E-state index in [0.717, 1.165) is 5.56 Å². The summed E-state index contributed by atoms with van der Waals surface area (Å²) in [5.74, 6) is 1.38. The van der Waals surface area contributed by atoms with Gasteiger partial charge in [-0.2, -0.15) is 0 Å². The van der Waals surface area contributed by atoms with Gasteiger partial charge in [0.25, 0.3) is 0 Å². The first-order chi connectivity index (χ1) is 7.74. The summed E-state index contributed by atoms with van der Waals surface area (Å²) in [6.07, 6.45) is 2.61. The first kappa shape index (κ1) is 10.6. The zero-order valence-electron chi connectivity index (χ0n) is 9.14. The normalized spacial score (nSPS) is 10.3. The number of nitrogens with zero attached hydrogens (tertiary/aromatic N) is 1. The number of carbonyl (C=O) groups is 1. The van der Waals surface area contributed by atoms with Gasteiger partial charge in [0.1, 0.15) is 11.5 Å². The molecule has 82 valence electrons. The molecule has 0 radical (unpaired) electrons. The van der Waals surface area contributed by atoms with Gasteiger partial charge in [0, 0.05) is 6.42 Å². The molecule has 0 saturated carbocycles. The van der Waals surface area contributed by atoms with Crippen molar-refractivity contribution < 1.29 is 9.21 Å². The van der Waals surface area contributed by atoms with Crippen LogP contribution in [0.5, 0.6) is 0 Å². The molecule has 0 amide bonds. The monoisotopic (exact) mass is 215 g/mol. The quantitative estimate of drug-likeness (QED) is 0.786. The summed E-state index contributed by atoms with van der Waals surface area (Å²) in [7, 11) is 0. The second-order valence-corrected chi connectivity index (χ2v) is 3.76. The van der Waals surface area contributed by atoms with E-state index in [2.05, 4.69) is 4.98 Å². The summed E-state index contributed by atoms with van der Waals surface area (Å²) in [6.45, 7) is 1.54. The topological polar surface area (TPSA) is 43.1 Å². The maximum Gasteiger partial charge on any atom is 0.198 e. The van der Waals surface area contributed by atoms with Crippen molar-refractivity contribution in [1.29, 1.82) is 0 Å². The highest BCUT2D eigenvalue weighted by Gasteiger charge is 2.06. The molecule has 2 aromatic rings. The number of benzene rings is 1. The molecule has 16 heavy (non-hydrogen) atoms. The van der Waals surface area contributed by atoms with Crippen LogP contribution in [0.3, 0.4) is 0 Å². The van der Waals surface area contributed by atoms with Gasteiger partial charge in [0.2, 0.25) is 0 Å². The molecule has 1 aromatic carbocycles. The fourth-order valence-corrected chi connectivity index (χ4v) is 1.53. The lowest BCUT2D eigenvalue weighted by atomic mass is 10.2. The van der Waals surface area contributed by atoms with Crippen molar-refractivity contribution in [3.05, 3.63) is 53.7 Å². The molecular weight excluding hydrogens is 202 g/mol. The van der Waals surface area contributed by atoms with Crippen LogP contribution in [0.15, 0.2) is 40.9 Å². The molecule has 0 unspecified atom stereocenters. The summed E-state index contributed by atoms with van der Waals surface area (Å²) in [4.78, 5) is 15.0. The van der Waals surface area contributed by atoms with E-state index in [0.29, 0.717) is 24.5 Å². The van der Waals surface area contributed by atoms with E-state index < -0.39 is 0 Å². The van der Waals surface area contributed by atoms with E-state index in [4.69, 9.17) is 4.42 Å². The Hall–Kier alpha value is -1.90. The number of hydrogen-bond acceptors (Lipinski definition) is 3. The van der Waals surface area contributed by atoms with Crippen molar-refractivity contribution in [3.8, 4) is 0 Å². The summed E-state index contributed by atoms with van der Waals surface area (Å²) >= 11 is 0. The van der Waals surface area contributed by atoms with Crippen LogP contribution in [-0.4, -0.2) is 10.8 Å². The van der Waals surface area contributed by atoms with Crippen LogP contribution in [0.2, 0.25) is 0 Å². The number of ketones is 1. The Morgan fingerprint density at radius 3 is 2.75 bits per heavy atom. The Kier molecular flexibility index (Phi) is 3.15. The molecule has 0 atom stereocenters. The maximum atomic E-state index is 10.9. The van der Waals surface area contributed by atoms with Crippen LogP contribution < -0.4 is 0 Å². The minimum Gasteiger partial charge on any atom is -0.445 e. The summed E-state index contributed by atoms with van der Waals surface area (Å²) in [5, 5.41) is 0. The summed E-state index contributed by atoms with van der Waals surface area (Å²) in [6, 6.07) is 9.98. The van der Waals surface area contributed by atoms with Gasteiger partial charge in [-0.15, -0.1) is 0 Å². The Morgan fingerprint density at radius 2 is 2.06 bits per heavy atom. The number of Topliss-reactive ketones (excluding diaryl/α,β-unsaturated/α-hetero) is 1. The van der Waals surface area contributed by atoms with E-state index >= 15 is 0 Å². The standard InChI is InChI=1S/C13H13NO2/c1-10(15)7-12-9-14-13(16-12)8-11-5-3-2-4-6-11/h2-6,9H,7-8H2,1H3. The number of oxazole rings is 1. The van der Waals surface area contributed by atoms with E-state index in [1.165, 1.54) is 0 Å². The summed E-state index contributed by atoms with van der Waals surface area (Å²) in [5.41, 5.74) is 1.15. The highest BCUT2D eigenvalue weighted by atomic mass is 16.4. The minimum absolute atomic E-state index is 0.0856. The fourth-order valence-electron chi connectivity index (χ4n) is 1.53. The number of aromatic nitrogens is 1. The Morgan fingerprint density at radius 1 is 1.31 bits per heavy atom. The molecule has 1 aromatic heterocycles. The zero-order valence-corrected chi connectivity index (χ0v) is 9.14. The molecule has 0 N–H and O–H groups in total. The van der Waals surface area contributed by atoms with E-state index in [1.54, 1.807) is 13.1 Å². The molecule has 0 saturated heterocycles. The fraction of sp³-hybridized carbons (Fsp3) is 0.231. The lowest BCUT2D eigenvalue weighted by Crippen LogP contribution is -1.93. The van der Waals surface area contributed by atoms with Gasteiger partial charge in [0.15, 0.2) is 5.89 Å². The van der Waals surface area contributed by atoms with Crippen LogP contribution in [0.1, 0.15) is 24.1 Å². The molecule has 3 heteroatoms. The maximum absolute atomic E-state index is 10.9. The smallest absolute Gasteiger partial charge is 0.198 e. The third kappa shape index (κ3) is 2.79. The Labute approximate surface area is 94.1 Å². The molecule has 0 fully saturated rings. The van der Waals surface area contributed by atoms with E-state index in [1.807, 2.05) is 30.3 Å². The molecule has 3 nitrogen and oxygen atoms in total. The van der Waals surface area contributed by atoms with Gasteiger partial charge in [0.05, 0.1) is 12.6 Å². The van der Waals surface area contributed by atoms with Gasteiger partial charge in [-0.1, -0.05) is 30.3 Å². The third-order valence-corrected chi connectivity index (χ3v) is 2.22. The lowest BCUT2D eigenvalue weighted by molar-refractivity contribution is -0.116. The highest BCUT2D eigenvalue weighted by Crippen LogP contribution is 2.10. The predicted octanol–water partition coefficient (Wildman–Crippen LogP) is 2.40. The first-order valence-electron chi connectivity index (χ1n) is 5.21. The molecular formula is C13H13NO2. The van der Waals surface area contributed by atoms with Crippen molar-refractivity contribution in [2.24, 2.45) is 0 Å². The summed E-state index contributed by atoms with van der Waals surface area (Å²) < 4.78 is 5.47. The van der Waals surface area contributed by atoms with Crippen molar-refractivity contribution in [2.45, 2.75) is 19.8 Å². The Bertz CT molecular complexity index is 474. The Balaban J connectivity index is 2.06. The minimum atomic E-state index is 0.0856. The van der Waals surface area contributed by atoms with Crippen LogP contribution >= 0.6 is 0 Å². The first-order valence-corrected chi connectivity index (χ1v) is 5.21. The van der Waals surface area contributed by atoms with E-state index in [9.17, 15) is 4.79 Å². The van der Waals surface area contributed by atoms with Crippen LogP contribution in [-0.2, 0) is 17.6 Å². The van der Waals surface area contributed by atoms with Crippen molar-refractivity contribution in [1.82, 2.24) is 4.98 Å². The number of rotatable bonds is 4. The van der Waals surface area contributed by atoms with Gasteiger partial charge in [-0.05, 0) is 12.5 Å². The molecule has 1 heterocycles. The molecule has 0 aliphatic carbocycles. The van der Waals surface area contributed by atoms with Crippen molar-refractivity contribution >= 4 is 5.78 Å². The predicted molar refractivity (Wildman–Crippen MR) is 60.1 cm³/mol. The van der Waals surface area contributed by atoms with Gasteiger partial charge in [-0.25, -0.2) is 4.98 Å². The number of hydrogen-bond donors (Lipinski definition) is 0. The number of carbonyl (C=O) groups excluding carboxylic acids is 1. The SMILES string of the molecule is CC(=O)Cc1cnc(Cc2ccccc2)o1. The van der Waals surface area contributed by atoms with Crippen molar-refractivity contribution in [3.63, 3.8) is 0 Å². The van der Waals surface area contributed by atoms with Crippen LogP contribution in [0.4, 0.5) is 0 Å². The zero-order chi connectivity index (χ0) is 11.4. The molecule has 0 bridgehead atoms. The molecule has 0 spiro atoms. The highest BCUT2D eigenvalue weighted by molar-refractivity contribution is 5.77. The second-order valence-electron chi connectivity index (χ2n) is 3.76. The van der Waals surface area contributed by atoms with Gasteiger partial charge >= 0.3 is 0 Å². The average molecular weight is 215 g/mol. The van der Waals surface area contributed by atoms with Crippen LogP contribution in [0.25, 0.3) is 0 Å².